The topological polar surface area (TPSA) is 179 Å². The Kier molecular flexibility index (Phi) is 7.69. The van der Waals surface area contributed by atoms with Crippen LogP contribution in [0.2, 0.25) is 0 Å². The Labute approximate surface area is 148 Å². The molecule has 0 aliphatic heterocycles. The van der Waals surface area contributed by atoms with Crippen LogP contribution in [0, 0.1) is 0 Å². The first kappa shape index (κ1) is 21.1. The monoisotopic (exact) mass is 368 g/mol. The van der Waals surface area contributed by atoms with Gasteiger partial charge in [0.15, 0.2) is 0 Å². The van der Waals surface area contributed by atoms with Gasteiger partial charge < -0.3 is 21.7 Å². The molecule has 0 aromatic heterocycles. The SMILES string of the molecule is N[C@H](CCC(=O)O)C(=O)OOC(=O)CC(N)(Cc1ccccc1)C(=O)O. The van der Waals surface area contributed by atoms with Gasteiger partial charge in [-0.2, -0.15) is 0 Å². The van der Waals surface area contributed by atoms with Crippen molar-refractivity contribution in [2.24, 2.45) is 11.5 Å². The molecule has 1 unspecified atom stereocenters. The molecule has 0 saturated heterocycles. The number of hydrogen-bond acceptors (Lipinski definition) is 8. The van der Waals surface area contributed by atoms with Crippen LogP contribution in [0.5, 0.6) is 0 Å². The summed E-state index contributed by atoms with van der Waals surface area (Å²) in [6.45, 7) is 0. The lowest BCUT2D eigenvalue weighted by atomic mass is 9.89. The number of nitrogens with two attached hydrogens (primary N) is 2. The number of aliphatic carboxylic acids is 2. The van der Waals surface area contributed by atoms with Crippen LogP contribution in [-0.2, 0) is 35.4 Å². The van der Waals surface area contributed by atoms with Gasteiger partial charge in [0.1, 0.15) is 11.6 Å². The van der Waals surface area contributed by atoms with Crippen molar-refractivity contribution in [2.45, 2.75) is 37.3 Å². The van der Waals surface area contributed by atoms with Gasteiger partial charge in [-0.3, -0.25) is 9.59 Å². The van der Waals surface area contributed by atoms with Gasteiger partial charge in [-0.05, 0) is 12.0 Å². The molecular weight excluding hydrogens is 348 g/mol. The minimum atomic E-state index is -1.96. The van der Waals surface area contributed by atoms with Crippen LogP contribution in [-0.4, -0.2) is 45.7 Å². The Bertz CT molecular complexity index is 663. The number of hydrogen-bond donors (Lipinski definition) is 4. The standard InChI is InChI=1S/C16H20N2O8/c17-11(6-7-12(19)20)14(22)26-25-13(21)9-16(18,15(23)24)8-10-4-2-1-3-5-10/h1-5,11H,6-9,17-18H2,(H,19,20)(H,23,24)/t11-,16?/m1/s1. The second-order valence-electron chi connectivity index (χ2n) is 5.70. The van der Waals surface area contributed by atoms with E-state index in [9.17, 15) is 24.3 Å². The van der Waals surface area contributed by atoms with Crippen LogP contribution in [0.15, 0.2) is 30.3 Å². The van der Waals surface area contributed by atoms with Crippen LogP contribution < -0.4 is 11.5 Å². The molecule has 0 bridgehead atoms. The molecule has 0 heterocycles. The van der Waals surface area contributed by atoms with Crippen molar-refractivity contribution in [2.75, 3.05) is 0 Å². The van der Waals surface area contributed by atoms with Gasteiger partial charge >= 0.3 is 23.9 Å². The van der Waals surface area contributed by atoms with Crippen molar-refractivity contribution < 1.29 is 39.2 Å². The maximum absolute atomic E-state index is 11.8. The van der Waals surface area contributed by atoms with Gasteiger partial charge in [0.25, 0.3) is 0 Å². The molecule has 0 aliphatic rings. The largest absolute Gasteiger partial charge is 0.481 e. The van der Waals surface area contributed by atoms with Gasteiger partial charge in [-0.15, -0.1) is 0 Å². The summed E-state index contributed by atoms with van der Waals surface area (Å²) >= 11 is 0. The molecule has 0 saturated carbocycles. The first-order valence-electron chi connectivity index (χ1n) is 7.59. The highest BCUT2D eigenvalue weighted by atomic mass is 17.2. The minimum Gasteiger partial charge on any atom is -0.481 e. The van der Waals surface area contributed by atoms with Crippen molar-refractivity contribution in [3.05, 3.63) is 35.9 Å². The van der Waals surface area contributed by atoms with E-state index in [-0.39, 0.29) is 19.3 Å². The highest BCUT2D eigenvalue weighted by Crippen LogP contribution is 2.16. The molecule has 10 nitrogen and oxygen atoms in total. The lowest BCUT2D eigenvalue weighted by Gasteiger charge is -2.23. The molecule has 0 spiro atoms. The molecule has 142 valence electrons. The van der Waals surface area contributed by atoms with Crippen LogP contribution in [0.4, 0.5) is 0 Å². The van der Waals surface area contributed by atoms with Crippen molar-refractivity contribution in [1.82, 2.24) is 0 Å². The molecule has 6 N–H and O–H groups in total. The third-order valence-electron chi connectivity index (χ3n) is 3.44. The molecule has 2 atom stereocenters. The number of carboxylic acids is 2. The van der Waals surface area contributed by atoms with Crippen LogP contribution in [0.1, 0.15) is 24.8 Å². The van der Waals surface area contributed by atoms with E-state index in [1.165, 1.54) is 0 Å². The minimum absolute atomic E-state index is 0.148. The third-order valence-corrected chi connectivity index (χ3v) is 3.44. The van der Waals surface area contributed by atoms with Crippen molar-refractivity contribution >= 4 is 23.9 Å². The van der Waals surface area contributed by atoms with Gasteiger partial charge in [0, 0.05) is 12.8 Å². The summed E-state index contributed by atoms with van der Waals surface area (Å²) in [6, 6.07) is 7.12. The van der Waals surface area contributed by atoms with Crippen LogP contribution in [0.25, 0.3) is 0 Å². The summed E-state index contributed by atoms with van der Waals surface area (Å²) in [5.74, 6) is -4.91. The fraction of sp³-hybridized carbons (Fsp3) is 0.375. The zero-order chi connectivity index (χ0) is 19.7. The fourth-order valence-electron chi connectivity index (χ4n) is 2.01. The number of carbonyl (C=O) groups excluding carboxylic acids is 2. The molecule has 0 aliphatic carbocycles. The Hall–Kier alpha value is -2.98. The van der Waals surface area contributed by atoms with Crippen molar-refractivity contribution in [3.63, 3.8) is 0 Å². The first-order valence-corrected chi connectivity index (χ1v) is 7.59. The van der Waals surface area contributed by atoms with E-state index in [0.717, 1.165) is 0 Å². The van der Waals surface area contributed by atoms with Gasteiger partial charge in [-0.25, -0.2) is 19.4 Å². The van der Waals surface area contributed by atoms with Gasteiger partial charge in [0.05, 0.1) is 6.42 Å². The molecule has 26 heavy (non-hydrogen) atoms. The third kappa shape index (κ3) is 6.87. The summed E-state index contributed by atoms with van der Waals surface area (Å²) < 4.78 is 0. The molecule has 1 aromatic rings. The summed E-state index contributed by atoms with van der Waals surface area (Å²) in [4.78, 5) is 53.6. The van der Waals surface area contributed by atoms with Crippen molar-refractivity contribution in [3.8, 4) is 0 Å². The highest BCUT2D eigenvalue weighted by molar-refractivity contribution is 5.86. The second-order valence-corrected chi connectivity index (χ2v) is 5.70. The van der Waals surface area contributed by atoms with E-state index in [0.29, 0.717) is 5.56 Å². The summed E-state index contributed by atoms with van der Waals surface area (Å²) in [6.07, 6.45) is -1.49. The van der Waals surface area contributed by atoms with E-state index < -0.39 is 41.9 Å². The normalized spacial score (nSPS) is 13.9. The predicted molar refractivity (Wildman–Crippen MR) is 86.3 cm³/mol. The number of benzene rings is 1. The molecule has 0 radical (unpaired) electrons. The summed E-state index contributed by atoms with van der Waals surface area (Å²) in [7, 11) is 0. The molecule has 10 heteroatoms. The number of carboxylic acid groups (broad SMARTS) is 2. The van der Waals surface area contributed by atoms with Gasteiger partial charge in [0.2, 0.25) is 0 Å². The molecule has 1 aromatic carbocycles. The second kappa shape index (κ2) is 9.49. The fourth-order valence-corrected chi connectivity index (χ4v) is 2.01. The highest BCUT2D eigenvalue weighted by Gasteiger charge is 2.38. The zero-order valence-electron chi connectivity index (χ0n) is 13.8. The lowest BCUT2D eigenvalue weighted by Crippen LogP contribution is -2.51. The van der Waals surface area contributed by atoms with E-state index >= 15 is 0 Å². The first-order chi connectivity index (χ1) is 12.1. The average molecular weight is 368 g/mol. The van der Waals surface area contributed by atoms with Crippen LogP contribution in [0.3, 0.4) is 0 Å². The van der Waals surface area contributed by atoms with E-state index in [1.807, 2.05) is 0 Å². The lowest BCUT2D eigenvalue weighted by molar-refractivity contribution is -0.261. The summed E-state index contributed by atoms with van der Waals surface area (Å²) in [5, 5.41) is 17.8. The number of carbonyl (C=O) groups is 4. The van der Waals surface area contributed by atoms with E-state index in [2.05, 4.69) is 9.78 Å². The maximum Gasteiger partial charge on any atom is 0.372 e. The molecule has 1 rings (SSSR count). The molecule has 0 amide bonds. The average Bonchev–Trinajstić information content (AvgIpc) is 2.58. The quantitative estimate of drug-likeness (QED) is 0.331. The van der Waals surface area contributed by atoms with Crippen LogP contribution >= 0.6 is 0 Å². The number of rotatable bonds is 9. The maximum atomic E-state index is 11.8. The van der Waals surface area contributed by atoms with E-state index in [1.54, 1.807) is 30.3 Å². The smallest absolute Gasteiger partial charge is 0.372 e. The summed E-state index contributed by atoms with van der Waals surface area (Å²) in [5.41, 5.74) is 9.80. The predicted octanol–water partition coefficient (Wildman–Crippen LogP) is -0.405. The molecule has 0 fully saturated rings. The Morgan fingerprint density at radius 2 is 1.69 bits per heavy atom. The zero-order valence-corrected chi connectivity index (χ0v) is 13.8. The Morgan fingerprint density at radius 3 is 2.23 bits per heavy atom. The van der Waals surface area contributed by atoms with E-state index in [4.69, 9.17) is 16.6 Å². The Morgan fingerprint density at radius 1 is 1.08 bits per heavy atom. The molecular formula is C16H20N2O8. The Balaban J connectivity index is 2.58. The van der Waals surface area contributed by atoms with Crippen molar-refractivity contribution in [1.29, 1.82) is 0 Å². The van der Waals surface area contributed by atoms with Gasteiger partial charge in [-0.1, -0.05) is 30.3 Å².